The van der Waals surface area contributed by atoms with Gasteiger partial charge in [-0.2, -0.15) is 0 Å². The number of nitrogens with zero attached hydrogens (tertiary/aromatic N) is 1. The lowest BCUT2D eigenvalue weighted by Crippen LogP contribution is -2.38. The van der Waals surface area contributed by atoms with Gasteiger partial charge in [-0.15, -0.1) is 0 Å². The van der Waals surface area contributed by atoms with Gasteiger partial charge in [-0.25, -0.2) is 4.79 Å². The first-order valence-corrected chi connectivity index (χ1v) is 7.43. The van der Waals surface area contributed by atoms with Crippen LogP contribution in [0.5, 0.6) is 5.75 Å². The Morgan fingerprint density at radius 1 is 1.26 bits per heavy atom. The number of rotatable bonds is 8. The number of guanidine groups is 1. The van der Waals surface area contributed by atoms with Gasteiger partial charge in [0, 0.05) is 26.7 Å². The molecular weight excluding hydrogens is 298 g/mol. The highest BCUT2D eigenvalue weighted by Gasteiger charge is 2.13. The predicted molar refractivity (Wildman–Crippen MR) is 89.0 cm³/mol. The number of hydrogen-bond donors (Lipinski definition) is 2. The van der Waals surface area contributed by atoms with Gasteiger partial charge < -0.3 is 24.8 Å². The summed E-state index contributed by atoms with van der Waals surface area (Å²) in [6, 6.07) is 5.37. The molecule has 0 saturated carbocycles. The molecule has 0 aliphatic rings. The minimum Gasteiger partial charge on any atom is -0.496 e. The van der Waals surface area contributed by atoms with Crippen LogP contribution >= 0.6 is 0 Å². The van der Waals surface area contributed by atoms with Gasteiger partial charge in [-0.05, 0) is 24.6 Å². The zero-order chi connectivity index (χ0) is 17.1. The average molecular weight is 323 g/mol. The predicted octanol–water partition coefficient (Wildman–Crippen LogP) is 1.18. The summed E-state index contributed by atoms with van der Waals surface area (Å²) >= 11 is 0. The van der Waals surface area contributed by atoms with E-state index in [0.29, 0.717) is 43.6 Å². The normalized spacial score (nSPS) is 11.0. The molecule has 7 heteroatoms. The van der Waals surface area contributed by atoms with Crippen molar-refractivity contribution >= 4 is 11.9 Å². The lowest BCUT2D eigenvalue weighted by atomic mass is 10.1. The number of ether oxygens (including phenoxy) is 3. The highest BCUT2D eigenvalue weighted by atomic mass is 16.5. The fourth-order valence-corrected chi connectivity index (χ4v) is 1.93. The van der Waals surface area contributed by atoms with Gasteiger partial charge in [-0.1, -0.05) is 6.07 Å². The van der Waals surface area contributed by atoms with Crippen molar-refractivity contribution in [3.05, 3.63) is 29.3 Å². The van der Waals surface area contributed by atoms with E-state index in [1.165, 1.54) is 14.2 Å². The maximum atomic E-state index is 11.8. The molecule has 0 atom stereocenters. The number of aliphatic imine (C=N–C) groups is 1. The molecular formula is C16H25N3O4. The van der Waals surface area contributed by atoms with Gasteiger partial charge in [0.05, 0.1) is 20.8 Å². The van der Waals surface area contributed by atoms with Crippen LogP contribution in [-0.2, 0) is 16.0 Å². The van der Waals surface area contributed by atoms with E-state index in [4.69, 9.17) is 14.2 Å². The standard InChI is InChI=1S/C16H25N3O4/c1-5-23-9-8-18-16(17-2)19-11-12-6-7-14(21-3)13(10-12)15(20)22-4/h6-7,10H,5,8-9,11H2,1-4H3,(H2,17,18,19). The van der Waals surface area contributed by atoms with E-state index in [-0.39, 0.29) is 0 Å². The summed E-state index contributed by atoms with van der Waals surface area (Å²) in [5.41, 5.74) is 1.31. The van der Waals surface area contributed by atoms with Crippen LogP contribution in [0.1, 0.15) is 22.8 Å². The highest BCUT2D eigenvalue weighted by Crippen LogP contribution is 2.20. The molecule has 0 aliphatic carbocycles. The van der Waals surface area contributed by atoms with Crippen molar-refractivity contribution in [3.63, 3.8) is 0 Å². The number of carbonyl (C=O) groups is 1. The summed E-state index contributed by atoms with van der Waals surface area (Å²) in [6.07, 6.45) is 0. The van der Waals surface area contributed by atoms with E-state index >= 15 is 0 Å². The monoisotopic (exact) mass is 323 g/mol. The van der Waals surface area contributed by atoms with Crippen molar-refractivity contribution in [2.75, 3.05) is 41.0 Å². The summed E-state index contributed by atoms with van der Waals surface area (Å²) in [7, 11) is 4.56. The summed E-state index contributed by atoms with van der Waals surface area (Å²) in [4.78, 5) is 15.9. The zero-order valence-electron chi connectivity index (χ0n) is 14.1. The Bertz CT molecular complexity index is 532. The third-order valence-corrected chi connectivity index (χ3v) is 3.10. The molecule has 0 spiro atoms. The molecule has 128 valence electrons. The molecule has 0 unspecified atom stereocenters. The van der Waals surface area contributed by atoms with Gasteiger partial charge in [0.2, 0.25) is 0 Å². The number of hydrogen-bond acceptors (Lipinski definition) is 5. The third kappa shape index (κ3) is 6.15. The van der Waals surface area contributed by atoms with Crippen LogP contribution < -0.4 is 15.4 Å². The number of nitrogens with one attached hydrogen (secondary N) is 2. The molecule has 0 radical (unpaired) electrons. The van der Waals surface area contributed by atoms with E-state index in [9.17, 15) is 4.79 Å². The average Bonchev–Trinajstić information content (AvgIpc) is 2.60. The van der Waals surface area contributed by atoms with E-state index in [2.05, 4.69) is 15.6 Å². The number of carbonyl (C=O) groups excluding carboxylic acids is 1. The van der Waals surface area contributed by atoms with Crippen molar-refractivity contribution in [1.29, 1.82) is 0 Å². The number of methoxy groups -OCH3 is 2. The molecule has 0 bridgehead atoms. The van der Waals surface area contributed by atoms with Gasteiger partial charge in [-0.3, -0.25) is 4.99 Å². The minimum absolute atomic E-state index is 0.397. The fourth-order valence-electron chi connectivity index (χ4n) is 1.93. The summed E-state index contributed by atoms with van der Waals surface area (Å²) in [5.74, 6) is 0.725. The fraction of sp³-hybridized carbons (Fsp3) is 0.500. The van der Waals surface area contributed by atoms with Crippen LogP contribution in [0, 0.1) is 0 Å². The molecule has 0 aromatic heterocycles. The first kappa shape index (κ1) is 18.8. The molecule has 1 aromatic carbocycles. The van der Waals surface area contributed by atoms with Crippen LogP contribution in [0.25, 0.3) is 0 Å². The Morgan fingerprint density at radius 3 is 2.65 bits per heavy atom. The smallest absolute Gasteiger partial charge is 0.341 e. The molecule has 23 heavy (non-hydrogen) atoms. The first-order valence-electron chi connectivity index (χ1n) is 7.43. The highest BCUT2D eigenvalue weighted by molar-refractivity contribution is 5.92. The second-order valence-electron chi connectivity index (χ2n) is 4.58. The largest absolute Gasteiger partial charge is 0.496 e. The van der Waals surface area contributed by atoms with Crippen LogP contribution in [0.15, 0.2) is 23.2 Å². The maximum Gasteiger partial charge on any atom is 0.341 e. The lowest BCUT2D eigenvalue weighted by Gasteiger charge is -2.13. The van der Waals surface area contributed by atoms with Crippen LogP contribution in [0.4, 0.5) is 0 Å². The van der Waals surface area contributed by atoms with Gasteiger partial charge in [0.15, 0.2) is 5.96 Å². The quantitative estimate of drug-likeness (QED) is 0.324. The Labute approximate surface area is 137 Å². The third-order valence-electron chi connectivity index (χ3n) is 3.10. The molecule has 1 rings (SSSR count). The summed E-state index contributed by atoms with van der Waals surface area (Å²) < 4.78 is 15.2. The number of esters is 1. The van der Waals surface area contributed by atoms with Gasteiger partial charge in [0.1, 0.15) is 11.3 Å². The van der Waals surface area contributed by atoms with Gasteiger partial charge >= 0.3 is 5.97 Å². The maximum absolute atomic E-state index is 11.8. The Hall–Kier alpha value is -2.28. The van der Waals surface area contributed by atoms with E-state index in [0.717, 1.165) is 5.56 Å². The SMILES string of the molecule is CCOCCNC(=NC)NCc1ccc(OC)c(C(=O)OC)c1. The lowest BCUT2D eigenvalue weighted by molar-refractivity contribution is 0.0597. The second-order valence-corrected chi connectivity index (χ2v) is 4.58. The van der Waals surface area contributed by atoms with Crippen LogP contribution in [0.2, 0.25) is 0 Å². The topological polar surface area (TPSA) is 81.2 Å². The molecule has 0 heterocycles. The van der Waals surface area contributed by atoms with Crippen molar-refractivity contribution in [3.8, 4) is 5.75 Å². The van der Waals surface area contributed by atoms with Crippen molar-refractivity contribution in [2.45, 2.75) is 13.5 Å². The Balaban J connectivity index is 2.64. The molecule has 0 saturated heterocycles. The molecule has 0 fully saturated rings. The van der Waals surface area contributed by atoms with E-state index in [1.54, 1.807) is 19.2 Å². The van der Waals surface area contributed by atoms with E-state index in [1.807, 2.05) is 13.0 Å². The molecule has 1 aromatic rings. The zero-order valence-corrected chi connectivity index (χ0v) is 14.1. The van der Waals surface area contributed by atoms with E-state index < -0.39 is 5.97 Å². The number of benzene rings is 1. The Morgan fingerprint density at radius 2 is 2.04 bits per heavy atom. The second kappa shape index (κ2) is 10.4. The summed E-state index contributed by atoms with van der Waals surface area (Å²) in [5, 5.41) is 6.32. The van der Waals surface area contributed by atoms with Gasteiger partial charge in [0.25, 0.3) is 0 Å². The van der Waals surface area contributed by atoms with Crippen LogP contribution in [0.3, 0.4) is 0 Å². The summed E-state index contributed by atoms with van der Waals surface area (Å²) in [6.45, 7) is 4.45. The van der Waals surface area contributed by atoms with Crippen LogP contribution in [-0.4, -0.2) is 53.0 Å². The molecule has 2 N–H and O–H groups in total. The molecule has 0 aliphatic heterocycles. The molecule has 7 nitrogen and oxygen atoms in total. The first-order chi connectivity index (χ1) is 11.2. The van der Waals surface area contributed by atoms with Crippen molar-refractivity contribution in [1.82, 2.24) is 10.6 Å². The minimum atomic E-state index is -0.428. The van der Waals surface area contributed by atoms with Crippen molar-refractivity contribution in [2.24, 2.45) is 4.99 Å². The van der Waals surface area contributed by atoms with Crippen molar-refractivity contribution < 1.29 is 19.0 Å². The molecule has 0 amide bonds. The Kier molecular flexibility index (Phi) is 8.52.